The molecule has 0 aliphatic rings. The van der Waals surface area contributed by atoms with Crippen LogP contribution in [0, 0.1) is 11.6 Å². The Morgan fingerprint density at radius 3 is 2.46 bits per heavy atom. The van der Waals surface area contributed by atoms with E-state index in [4.69, 9.17) is 0 Å². The molecule has 0 aliphatic heterocycles. The predicted octanol–water partition coefficient (Wildman–Crippen LogP) is 2.97. The second kappa shape index (κ2) is 3.87. The van der Waals surface area contributed by atoms with Crippen molar-refractivity contribution in [3.8, 4) is 5.75 Å². The van der Waals surface area contributed by atoms with Gasteiger partial charge in [0.1, 0.15) is 11.4 Å². The van der Waals surface area contributed by atoms with Crippen molar-refractivity contribution in [1.82, 2.24) is 0 Å². The second-order valence-electron chi connectivity index (χ2n) is 2.18. The van der Waals surface area contributed by atoms with Crippen molar-refractivity contribution in [2.45, 2.75) is 0 Å². The van der Waals surface area contributed by atoms with E-state index in [-0.39, 0.29) is 9.90 Å². The Labute approximate surface area is 81.2 Å². The number of methoxy groups -OCH3 is 1. The minimum absolute atomic E-state index is 0.0380. The maximum atomic E-state index is 12.8. The lowest BCUT2D eigenvalue weighted by molar-refractivity contribution is 0.404. The Hall–Kier alpha value is -0.910. The van der Waals surface area contributed by atoms with E-state index in [1.54, 1.807) is 0 Å². The van der Waals surface area contributed by atoms with Gasteiger partial charge in [-0.25, -0.2) is 8.78 Å². The van der Waals surface area contributed by atoms with Gasteiger partial charge in [0, 0.05) is 12.1 Å². The molecule has 0 aliphatic carbocycles. The molecule has 1 aromatic carbocycles. The summed E-state index contributed by atoms with van der Waals surface area (Å²) < 4.78 is 42.4. The van der Waals surface area contributed by atoms with Crippen LogP contribution in [-0.2, 0) is 0 Å². The van der Waals surface area contributed by atoms with Gasteiger partial charge in [-0.2, -0.15) is 0 Å². The summed E-state index contributed by atoms with van der Waals surface area (Å²) in [4.78, 5) is 0. The number of anilines is 1. The summed E-state index contributed by atoms with van der Waals surface area (Å²) in [5, 5.41) is 0. The molecule has 1 rings (SSSR count). The molecule has 0 aromatic heterocycles. The van der Waals surface area contributed by atoms with Crippen LogP contribution in [0.2, 0.25) is 0 Å². The highest BCUT2D eigenvalue weighted by Gasteiger charge is 2.15. The van der Waals surface area contributed by atoms with Crippen LogP contribution >= 0.6 is 16.1 Å². The lowest BCUT2D eigenvalue weighted by Crippen LogP contribution is -2.00. The van der Waals surface area contributed by atoms with Gasteiger partial charge in [-0.15, -0.1) is 4.15 Å². The highest BCUT2D eigenvalue weighted by molar-refractivity contribution is 9.10. The van der Waals surface area contributed by atoms with Crippen LogP contribution in [0.15, 0.2) is 12.1 Å². The summed E-state index contributed by atoms with van der Waals surface area (Å²) in [6, 6.07) is 1.85. The number of rotatable bonds is 2. The number of halogens is 4. The number of benzene rings is 1. The Morgan fingerprint density at radius 2 is 2.00 bits per heavy atom. The zero-order chi connectivity index (χ0) is 10.0. The van der Waals surface area contributed by atoms with E-state index in [1.165, 1.54) is 7.11 Å². The van der Waals surface area contributed by atoms with Gasteiger partial charge in [-0.05, 0) is 0 Å². The van der Waals surface area contributed by atoms with Crippen LogP contribution < -0.4 is 8.88 Å². The normalized spacial score (nSPS) is 9.92. The van der Waals surface area contributed by atoms with Gasteiger partial charge in [0.25, 0.3) is 0 Å². The first-order chi connectivity index (χ1) is 6.06. The van der Waals surface area contributed by atoms with Gasteiger partial charge in [-0.3, -0.25) is 0 Å². The molecule has 0 saturated heterocycles. The van der Waals surface area contributed by atoms with Crippen LogP contribution in [-0.4, -0.2) is 7.11 Å². The highest BCUT2D eigenvalue weighted by Crippen LogP contribution is 2.29. The Balaban J connectivity index is 3.25. The van der Waals surface area contributed by atoms with E-state index >= 15 is 0 Å². The van der Waals surface area contributed by atoms with E-state index in [0.29, 0.717) is 0 Å². The van der Waals surface area contributed by atoms with Crippen molar-refractivity contribution in [3.63, 3.8) is 0 Å². The first-order valence-electron chi connectivity index (χ1n) is 3.21. The van der Waals surface area contributed by atoms with Crippen LogP contribution in [0.4, 0.5) is 18.9 Å². The van der Waals surface area contributed by atoms with E-state index in [2.05, 4.69) is 20.9 Å². The number of ether oxygens (including phenoxy) is 1. The van der Waals surface area contributed by atoms with Crippen molar-refractivity contribution >= 4 is 21.8 Å². The Kier molecular flexibility index (Phi) is 3.02. The summed E-state index contributed by atoms with van der Waals surface area (Å²) in [5.41, 5.74) is -0.572. The monoisotopic (exact) mass is 255 g/mol. The number of hydrogen-bond donors (Lipinski definition) is 0. The summed E-state index contributed by atoms with van der Waals surface area (Å²) in [6.07, 6.45) is 0. The average Bonchev–Trinajstić information content (AvgIpc) is 2.09. The third-order valence-corrected chi connectivity index (χ3v) is 1.78. The summed E-state index contributed by atoms with van der Waals surface area (Å²) in [6.45, 7) is 0. The minimum Gasteiger partial charge on any atom is -0.497 e. The van der Waals surface area contributed by atoms with E-state index < -0.39 is 17.3 Å². The smallest absolute Gasteiger partial charge is 0.186 e. The quantitative estimate of drug-likeness (QED) is 0.754. The van der Waals surface area contributed by atoms with E-state index in [9.17, 15) is 13.3 Å². The SMILES string of the molecule is COc1cc(F)c(F)c(N(F)Br)c1. The van der Waals surface area contributed by atoms with E-state index in [0.717, 1.165) is 12.1 Å². The fraction of sp³-hybridized carbons (Fsp3) is 0.143. The first kappa shape index (κ1) is 10.2. The lowest BCUT2D eigenvalue weighted by atomic mass is 10.3. The molecule has 0 fully saturated rings. The first-order valence-corrected chi connectivity index (χ1v) is 3.92. The third kappa shape index (κ3) is 2.06. The predicted molar refractivity (Wildman–Crippen MR) is 45.4 cm³/mol. The van der Waals surface area contributed by atoms with Crippen LogP contribution in [0.1, 0.15) is 0 Å². The summed E-state index contributed by atoms with van der Waals surface area (Å²) >= 11 is 2.34. The van der Waals surface area contributed by atoms with E-state index in [1.807, 2.05) is 0 Å². The molecular weight excluding hydrogens is 251 g/mol. The number of hydrogen-bond acceptors (Lipinski definition) is 2. The van der Waals surface area contributed by atoms with Crippen LogP contribution in [0.3, 0.4) is 0 Å². The van der Waals surface area contributed by atoms with Gasteiger partial charge in [0.2, 0.25) is 0 Å². The fourth-order valence-electron chi connectivity index (χ4n) is 0.791. The van der Waals surface area contributed by atoms with Crippen LogP contribution in [0.5, 0.6) is 5.75 Å². The molecule has 0 saturated carbocycles. The maximum absolute atomic E-state index is 12.8. The van der Waals surface area contributed by atoms with Gasteiger partial charge in [-0.1, -0.05) is 4.48 Å². The molecule has 13 heavy (non-hydrogen) atoms. The topological polar surface area (TPSA) is 12.5 Å². The highest BCUT2D eigenvalue weighted by atomic mass is 79.9. The van der Waals surface area contributed by atoms with Gasteiger partial charge in [0.15, 0.2) is 11.6 Å². The van der Waals surface area contributed by atoms with Crippen molar-refractivity contribution in [2.24, 2.45) is 0 Å². The molecular formula is C7H5BrF3NO. The van der Waals surface area contributed by atoms with Gasteiger partial charge in [0.05, 0.1) is 23.3 Å². The van der Waals surface area contributed by atoms with Crippen molar-refractivity contribution in [3.05, 3.63) is 23.8 Å². The molecule has 0 atom stereocenters. The van der Waals surface area contributed by atoms with Gasteiger partial charge >= 0.3 is 0 Å². The second-order valence-corrected chi connectivity index (χ2v) is 2.80. The van der Waals surface area contributed by atoms with Crippen molar-refractivity contribution in [1.29, 1.82) is 0 Å². The maximum Gasteiger partial charge on any atom is 0.186 e. The van der Waals surface area contributed by atoms with Gasteiger partial charge < -0.3 is 4.74 Å². The molecule has 0 unspecified atom stereocenters. The number of nitrogens with zero attached hydrogens (tertiary/aromatic N) is 1. The molecule has 0 N–H and O–H groups in total. The average molecular weight is 256 g/mol. The lowest BCUT2D eigenvalue weighted by Gasteiger charge is -2.08. The van der Waals surface area contributed by atoms with Crippen molar-refractivity contribution in [2.75, 3.05) is 11.3 Å². The molecule has 0 bridgehead atoms. The molecule has 2 nitrogen and oxygen atoms in total. The molecule has 0 radical (unpaired) electrons. The van der Waals surface area contributed by atoms with Crippen molar-refractivity contribution < 1.29 is 18.0 Å². The fourth-order valence-corrected chi connectivity index (χ4v) is 1.05. The Morgan fingerprint density at radius 1 is 1.38 bits per heavy atom. The molecule has 0 heterocycles. The molecule has 1 aromatic rings. The largest absolute Gasteiger partial charge is 0.497 e. The third-order valence-electron chi connectivity index (χ3n) is 1.40. The van der Waals surface area contributed by atoms with Crippen LogP contribution in [0.25, 0.3) is 0 Å². The Bertz CT molecular complexity index is 319. The molecule has 0 amide bonds. The molecule has 6 heteroatoms. The zero-order valence-corrected chi connectivity index (χ0v) is 8.11. The standard InChI is InChI=1S/C7H5BrF3NO/c1-13-4-2-5(9)7(10)6(3-4)12(8)11/h2-3H,1H3. The molecule has 0 spiro atoms. The molecule has 72 valence electrons. The summed E-state index contributed by atoms with van der Waals surface area (Å²) in [5.74, 6) is -2.41. The zero-order valence-electron chi connectivity index (χ0n) is 6.52. The minimum atomic E-state index is -1.28. The summed E-state index contributed by atoms with van der Waals surface area (Å²) in [7, 11) is 1.27.